The molecule has 0 aliphatic heterocycles. The van der Waals surface area contributed by atoms with Crippen LogP contribution in [-0.4, -0.2) is 26.4 Å². The smallest absolute Gasteiger partial charge is 0.255 e. The number of amides is 1. The van der Waals surface area contributed by atoms with Gasteiger partial charge in [0.05, 0.1) is 14.2 Å². The third kappa shape index (κ3) is 3.59. The minimum Gasteiger partial charge on any atom is -0.493 e. The van der Waals surface area contributed by atoms with Crippen molar-refractivity contribution < 1.29 is 23.5 Å². The average molecular weight is 351 g/mol. The summed E-state index contributed by atoms with van der Waals surface area (Å²) >= 11 is 0. The summed E-state index contributed by atoms with van der Waals surface area (Å²) in [5.41, 5.74) is 1.75. The molecule has 0 unspecified atom stereocenters. The summed E-state index contributed by atoms with van der Waals surface area (Å²) in [5, 5.41) is 2.82. The van der Waals surface area contributed by atoms with Crippen molar-refractivity contribution >= 4 is 17.9 Å². The molecule has 2 aromatic carbocycles. The van der Waals surface area contributed by atoms with Crippen LogP contribution in [0.5, 0.6) is 11.5 Å². The van der Waals surface area contributed by atoms with Gasteiger partial charge in [0.15, 0.2) is 23.5 Å². The molecule has 0 bridgehead atoms. The number of methoxy groups -OCH3 is 2. The number of hydrogen-bond donors (Lipinski definition) is 1. The first-order valence-electron chi connectivity index (χ1n) is 7.83. The van der Waals surface area contributed by atoms with E-state index in [2.05, 4.69) is 5.32 Å². The molecule has 0 aliphatic rings. The highest BCUT2D eigenvalue weighted by atomic mass is 16.5. The number of hydrogen-bond acceptors (Lipinski definition) is 5. The first-order valence-corrected chi connectivity index (χ1v) is 7.83. The zero-order valence-corrected chi connectivity index (χ0v) is 14.3. The monoisotopic (exact) mass is 351 g/mol. The maximum absolute atomic E-state index is 12.5. The molecule has 1 aromatic heterocycles. The van der Waals surface area contributed by atoms with E-state index in [1.54, 1.807) is 61.7 Å². The van der Waals surface area contributed by atoms with Gasteiger partial charge in [0.1, 0.15) is 5.76 Å². The molecule has 1 amide bonds. The number of carbonyl (C=O) groups excluding carboxylic acids is 2. The molecule has 3 rings (SSSR count). The molecular weight excluding hydrogens is 334 g/mol. The molecule has 1 N–H and O–H groups in total. The van der Waals surface area contributed by atoms with E-state index in [0.29, 0.717) is 40.4 Å². The van der Waals surface area contributed by atoms with Crippen LogP contribution < -0.4 is 14.8 Å². The Morgan fingerprint density at radius 3 is 2.50 bits per heavy atom. The first kappa shape index (κ1) is 17.3. The Balaban J connectivity index is 1.82. The van der Waals surface area contributed by atoms with Crippen molar-refractivity contribution in [3.8, 4) is 22.8 Å². The summed E-state index contributed by atoms with van der Waals surface area (Å²) in [4.78, 5) is 23.3. The van der Waals surface area contributed by atoms with Gasteiger partial charge < -0.3 is 19.2 Å². The zero-order chi connectivity index (χ0) is 18.5. The van der Waals surface area contributed by atoms with E-state index in [-0.39, 0.29) is 11.7 Å². The lowest BCUT2D eigenvalue weighted by Crippen LogP contribution is -2.12. The van der Waals surface area contributed by atoms with Crippen LogP contribution in [0.4, 0.5) is 5.69 Å². The molecule has 132 valence electrons. The summed E-state index contributed by atoms with van der Waals surface area (Å²) < 4.78 is 15.8. The molecule has 0 saturated heterocycles. The van der Waals surface area contributed by atoms with Crippen molar-refractivity contribution in [3.05, 3.63) is 65.9 Å². The second kappa shape index (κ2) is 7.57. The Bertz CT molecular complexity index is 945. The summed E-state index contributed by atoms with van der Waals surface area (Å²) in [6, 6.07) is 15.4. The second-order valence-corrected chi connectivity index (χ2v) is 5.42. The Morgan fingerprint density at radius 2 is 1.81 bits per heavy atom. The minimum atomic E-state index is -0.277. The maximum Gasteiger partial charge on any atom is 0.255 e. The lowest BCUT2D eigenvalue weighted by molar-refractivity contribution is 0.102. The summed E-state index contributed by atoms with van der Waals surface area (Å²) in [6.45, 7) is 0. The van der Waals surface area contributed by atoms with Crippen LogP contribution in [-0.2, 0) is 0 Å². The number of nitrogens with one attached hydrogen (secondary N) is 1. The molecule has 1 heterocycles. The molecular formula is C20H17NO5. The number of rotatable bonds is 6. The molecule has 6 heteroatoms. The second-order valence-electron chi connectivity index (χ2n) is 5.42. The van der Waals surface area contributed by atoms with Gasteiger partial charge in [-0.15, -0.1) is 0 Å². The number of furan rings is 1. The Kier molecular flexibility index (Phi) is 5.03. The fraction of sp³-hybridized carbons (Fsp3) is 0.100. The number of carbonyl (C=O) groups is 2. The zero-order valence-electron chi connectivity index (χ0n) is 14.3. The van der Waals surface area contributed by atoms with Gasteiger partial charge in [-0.1, -0.05) is 12.1 Å². The fourth-order valence-electron chi connectivity index (χ4n) is 2.50. The molecule has 3 aromatic rings. The van der Waals surface area contributed by atoms with Crippen molar-refractivity contribution in [2.75, 3.05) is 19.5 Å². The lowest BCUT2D eigenvalue weighted by Gasteiger charge is -2.11. The van der Waals surface area contributed by atoms with E-state index in [1.165, 1.54) is 7.11 Å². The lowest BCUT2D eigenvalue weighted by atomic mass is 10.1. The minimum absolute atomic E-state index is 0.236. The van der Waals surface area contributed by atoms with Crippen molar-refractivity contribution in [2.24, 2.45) is 0 Å². The quantitative estimate of drug-likeness (QED) is 0.679. The van der Waals surface area contributed by atoms with Crippen molar-refractivity contribution in [3.63, 3.8) is 0 Å². The standard InChI is InChI=1S/C20H17NO5/c1-24-18-8-6-15(11-19(18)25-2)21-20(23)14-5-3-4-13(10-14)17-9-7-16(12-22)26-17/h3-12H,1-2H3,(H,21,23). The van der Waals surface area contributed by atoms with Gasteiger partial charge in [0.2, 0.25) is 0 Å². The van der Waals surface area contributed by atoms with E-state index >= 15 is 0 Å². The van der Waals surface area contributed by atoms with Crippen molar-refractivity contribution in [1.82, 2.24) is 0 Å². The topological polar surface area (TPSA) is 77.8 Å². The molecule has 0 radical (unpaired) electrons. The van der Waals surface area contributed by atoms with E-state index in [9.17, 15) is 9.59 Å². The van der Waals surface area contributed by atoms with Gasteiger partial charge in [0.25, 0.3) is 5.91 Å². The number of benzene rings is 2. The van der Waals surface area contributed by atoms with Gasteiger partial charge in [-0.25, -0.2) is 0 Å². The third-order valence-corrected chi connectivity index (χ3v) is 3.79. The predicted octanol–water partition coefficient (Wildman–Crippen LogP) is 4.03. The van der Waals surface area contributed by atoms with Gasteiger partial charge in [-0.3, -0.25) is 9.59 Å². The van der Waals surface area contributed by atoms with E-state index in [0.717, 1.165) is 0 Å². The van der Waals surface area contributed by atoms with E-state index in [1.807, 2.05) is 0 Å². The van der Waals surface area contributed by atoms with Gasteiger partial charge in [-0.2, -0.15) is 0 Å². The molecule has 6 nitrogen and oxygen atoms in total. The SMILES string of the molecule is COc1ccc(NC(=O)c2cccc(-c3ccc(C=O)o3)c2)cc1OC. The van der Waals surface area contributed by atoms with E-state index < -0.39 is 0 Å². The number of ether oxygens (including phenoxy) is 2. The molecule has 0 aliphatic carbocycles. The van der Waals surface area contributed by atoms with E-state index in [4.69, 9.17) is 13.9 Å². The normalized spacial score (nSPS) is 10.2. The van der Waals surface area contributed by atoms with Crippen LogP contribution in [0.25, 0.3) is 11.3 Å². The fourth-order valence-corrected chi connectivity index (χ4v) is 2.50. The molecule has 0 fully saturated rings. The summed E-state index contributed by atoms with van der Waals surface area (Å²) in [7, 11) is 3.08. The Labute approximate surface area is 150 Å². The summed E-state index contributed by atoms with van der Waals surface area (Å²) in [6.07, 6.45) is 0.636. The van der Waals surface area contributed by atoms with Crippen LogP contribution in [0.1, 0.15) is 20.9 Å². The van der Waals surface area contributed by atoms with Gasteiger partial charge in [-0.05, 0) is 36.4 Å². The largest absolute Gasteiger partial charge is 0.493 e. The molecule has 0 atom stereocenters. The third-order valence-electron chi connectivity index (χ3n) is 3.79. The van der Waals surface area contributed by atoms with Crippen LogP contribution in [0.2, 0.25) is 0 Å². The van der Waals surface area contributed by atoms with Crippen LogP contribution >= 0.6 is 0 Å². The average Bonchev–Trinajstić information content (AvgIpc) is 3.17. The van der Waals surface area contributed by atoms with Crippen molar-refractivity contribution in [1.29, 1.82) is 0 Å². The summed E-state index contributed by atoms with van der Waals surface area (Å²) in [5.74, 6) is 1.58. The van der Waals surface area contributed by atoms with Crippen molar-refractivity contribution in [2.45, 2.75) is 0 Å². The predicted molar refractivity (Wildman–Crippen MR) is 97.0 cm³/mol. The van der Waals surface area contributed by atoms with Gasteiger partial charge in [0, 0.05) is 22.9 Å². The molecule has 0 spiro atoms. The van der Waals surface area contributed by atoms with Gasteiger partial charge >= 0.3 is 0 Å². The number of anilines is 1. The highest BCUT2D eigenvalue weighted by Gasteiger charge is 2.11. The number of aldehydes is 1. The maximum atomic E-state index is 12.5. The van der Waals surface area contributed by atoms with Crippen LogP contribution in [0.3, 0.4) is 0 Å². The highest BCUT2D eigenvalue weighted by molar-refractivity contribution is 6.05. The Morgan fingerprint density at radius 1 is 1.00 bits per heavy atom. The highest BCUT2D eigenvalue weighted by Crippen LogP contribution is 2.30. The van der Waals surface area contributed by atoms with Crippen LogP contribution in [0, 0.1) is 0 Å². The molecule has 26 heavy (non-hydrogen) atoms. The Hall–Kier alpha value is -3.54. The van der Waals surface area contributed by atoms with Crippen LogP contribution in [0.15, 0.2) is 59.0 Å². The first-order chi connectivity index (χ1) is 12.6. The molecule has 0 saturated carbocycles.